The SMILES string of the molecule is O=P(O)(O)O.[KH].[Ni]. The summed E-state index contributed by atoms with van der Waals surface area (Å²) in [5.74, 6) is 0. The minimum atomic E-state index is -4.64. The van der Waals surface area contributed by atoms with Crippen LogP contribution in [-0.2, 0) is 21.1 Å². The monoisotopic (exact) mass is 196 g/mol. The van der Waals surface area contributed by atoms with Crippen LogP contribution >= 0.6 is 7.82 Å². The molecule has 0 amide bonds. The third kappa shape index (κ3) is 63.9. The minimum Gasteiger partial charge on any atom is 0 e. The third-order valence-corrected chi connectivity index (χ3v) is 0. The van der Waals surface area contributed by atoms with Crippen molar-refractivity contribution in [3.63, 3.8) is 0 Å². The van der Waals surface area contributed by atoms with Crippen molar-refractivity contribution in [3.05, 3.63) is 0 Å². The van der Waals surface area contributed by atoms with Crippen molar-refractivity contribution in [2.75, 3.05) is 0 Å². The average molecular weight is 197 g/mol. The fraction of sp³-hybridized carbons (Fsp3) is 0. The molecule has 0 radical (unpaired) electrons. The predicted molar refractivity (Wildman–Crippen MR) is 21.4 cm³/mol. The van der Waals surface area contributed by atoms with Crippen molar-refractivity contribution < 1.29 is 35.7 Å². The van der Waals surface area contributed by atoms with Gasteiger partial charge in [-0.2, -0.15) is 0 Å². The molecule has 0 aromatic carbocycles. The topological polar surface area (TPSA) is 77.8 Å². The van der Waals surface area contributed by atoms with Crippen molar-refractivity contribution in [1.82, 2.24) is 0 Å². The number of hydrogen-bond donors (Lipinski definition) is 3. The van der Waals surface area contributed by atoms with Crippen molar-refractivity contribution >= 4 is 59.2 Å². The van der Waals surface area contributed by atoms with Gasteiger partial charge in [-0.3, -0.25) is 0 Å². The summed E-state index contributed by atoms with van der Waals surface area (Å²) in [6.45, 7) is 0. The van der Waals surface area contributed by atoms with Crippen molar-refractivity contribution in [1.29, 1.82) is 0 Å². The molecule has 0 aromatic heterocycles. The molecule has 0 aliphatic carbocycles. The number of phosphoric acid groups is 1. The van der Waals surface area contributed by atoms with Crippen LogP contribution < -0.4 is 0 Å². The third-order valence-electron chi connectivity index (χ3n) is 0. The molecule has 0 heterocycles. The fourth-order valence-corrected chi connectivity index (χ4v) is 0. The van der Waals surface area contributed by atoms with E-state index < -0.39 is 7.82 Å². The van der Waals surface area contributed by atoms with E-state index in [0.29, 0.717) is 0 Å². The zero-order valence-electron chi connectivity index (χ0n) is 2.51. The van der Waals surface area contributed by atoms with E-state index in [4.69, 9.17) is 19.2 Å². The molecule has 0 fully saturated rings. The van der Waals surface area contributed by atoms with Gasteiger partial charge in [0.25, 0.3) is 0 Å². The van der Waals surface area contributed by atoms with Crippen LogP contribution in [0.4, 0.5) is 0 Å². The molecule has 0 aliphatic heterocycles. The predicted octanol–water partition coefficient (Wildman–Crippen LogP) is -1.58. The summed E-state index contributed by atoms with van der Waals surface area (Å²) in [5.41, 5.74) is 0. The fourth-order valence-electron chi connectivity index (χ4n) is 0. The summed E-state index contributed by atoms with van der Waals surface area (Å²) in [7, 11) is -4.64. The largest absolute Gasteiger partial charge is 0 e. The molecule has 3 N–H and O–H groups in total. The van der Waals surface area contributed by atoms with Gasteiger partial charge in [0.15, 0.2) is 0 Å². The normalized spacial score (nSPS) is 8.43. The van der Waals surface area contributed by atoms with E-state index in [-0.39, 0.29) is 67.9 Å². The molecule has 7 heavy (non-hydrogen) atoms. The van der Waals surface area contributed by atoms with Crippen LogP contribution in [0.3, 0.4) is 0 Å². The first kappa shape index (κ1) is 16.1. The molecule has 0 unspecified atom stereocenters. The molecule has 0 saturated heterocycles. The Hall–Kier alpha value is 2.24. The molecule has 0 spiro atoms. The van der Waals surface area contributed by atoms with Crippen LogP contribution in [0.2, 0.25) is 0 Å². The van der Waals surface area contributed by atoms with E-state index in [0.717, 1.165) is 0 Å². The van der Waals surface area contributed by atoms with Crippen molar-refractivity contribution in [3.8, 4) is 0 Å². The van der Waals surface area contributed by atoms with Gasteiger partial charge in [-0.1, -0.05) is 0 Å². The maximum absolute atomic E-state index is 8.88. The molecular weight excluding hydrogens is 193 g/mol. The van der Waals surface area contributed by atoms with Gasteiger partial charge in [0.2, 0.25) is 0 Å². The van der Waals surface area contributed by atoms with E-state index in [1.807, 2.05) is 0 Å². The van der Waals surface area contributed by atoms with Crippen molar-refractivity contribution in [2.45, 2.75) is 0 Å². The number of hydrogen-bond acceptors (Lipinski definition) is 1. The van der Waals surface area contributed by atoms with Gasteiger partial charge in [-0.05, 0) is 0 Å². The summed E-state index contributed by atoms with van der Waals surface area (Å²) in [6, 6.07) is 0. The van der Waals surface area contributed by atoms with Crippen LogP contribution in [0.1, 0.15) is 0 Å². The van der Waals surface area contributed by atoms with Gasteiger partial charge in [0, 0.05) is 16.5 Å². The summed E-state index contributed by atoms with van der Waals surface area (Å²) < 4.78 is 8.88. The van der Waals surface area contributed by atoms with E-state index in [9.17, 15) is 0 Å². The van der Waals surface area contributed by atoms with E-state index in [2.05, 4.69) is 0 Å². The quantitative estimate of drug-likeness (QED) is 0.323. The van der Waals surface area contributed by atoms with Gasteiger partial charge >= 0.3 is 59.2 Å². The van der Waals surface area contributed by atoms with E-state index in [1.165, 1.54) is 0 Å². The Labute approximate surface area is 93.3 Å². The van der Waals surface area contributed by atoms with Gasteiger partial charge in [0.1, 0.15) is 0 Å². The molecule has 0 saturated carbocycles. The summed E-state index contributed by atoms with van der Waals surface area (Å²) in [4.78, 5) is 21.6. The molecule has 7 heteroatoms. The first-order chi connectivity index (χ1) is 2.00. The Bertz CT molecular complexity index is 57.8. The Morgan fingerprint density at radius 2 is 1.14 bits per heavy atom. The first-order valence-corrected chi connectivity index (χ1v) is 2.35. The van der Waals surface area contributed by atoms with Gasteiger partial charge in [-0.15, -0.1) is 0 Å². The molecule has 0 bridgehead atoms. The molecule has 0 atom stereocenters. The summed E-state index contributed by atoms with van der Waals surface area (Å²) in [6.07, 6.45) is 0. The molecular formula is H4KNiO4P. The molecule has 44 valence electrons. The Kier molecular flexibility index (Phi) is 14.6. The summed E-state index contributed by atoms with van der Waals surface area (Å²) in [5, 5.41) is 0. The zero-order valence-corrected chi connectivity index (χ0v) is 4.40. The Morgan fingerprint density at radius 1 is 1.14 bits per heavy atom. The van der Waals surface area contributed by atoms with Crippen LogP contribution in [0, 0.1) is 0 Å². The first-order valence-electron chi connectivity index (χ1n) is 0.783. The van der Waals surface area contributed by atoms with Crippen LogP contribution in [0.25, 0.3) is 0 Å². The van der Waals surface area contributed by atoms with Crippen LogP contribution in [-0.4, -0.2) is 66.1 Å². The maximum atomic E-state index is 8.88. The minimum absolute atomic E-state index is 0. The smallest absolute Gasteiger partial charge is 0 e. The maximum Gasteiger partial charge on any atom is 0 e. The summed E-state index contributed by atoms with van der Waals surface area (Å²) >= 11 is 0. The second kappa shape index (κ2) is 6.36. The standard InChI is InChI=1S/K.Ni.H3O4P.H/c;;1-5(2,3)4;/h;;(H3,1,2,3,4);. The van der Waals surface area contributed by atoms with E-state index in [1.54, 1.807) is 0 Å². The number of rotatable bonds is 0. The molecule has 0 rings (SSSR count). The Morgan fingerprint density at radius 3 is 1.14 bits per heavy atom. The van der Waals surface area contributed by atoms with Gasteiger partial charge in [-0.25, -0.2) is 4.57 Å². The van der Waals surface area contributed by atoms with Gasteiger partial charge < -0.3 is 14.7 Å². The Balaban J connectivity index is -0.0000000800. The van der Waals surface area contributed by atoms with E-state index >= 15 is 0 Å². The second-order valence-corrected chi connectivity index (χ2v) is 1.54. The van der Waals surface area contributed by atoms with Crippen molar-refractivity contribution in [2.24, 2.45) is 0 Å². The average Bonchev–Trinajstić information content (AvgIpc) is 0.722. The molecule has 4 nitrogen and oxygen atoms in total. The second-order valence-electron chi connectivity index (χ2n) is 0.513. The molecule has 0 aliphatic rings. The van der Waals surface area contributed by atoms with Gasteiger partial charge in [0.05, 0.1) is 0 Å². The molecule has 0 aromatic rings. The van der Waals surface area contributed by atoms with Crippen LogP contribution in [0.5, 0.6) is 0 Å². The van der Waals surface area contributed by atoms with Crippen LogP contribution in [0.15, 0.2) is 0 Å². The zero-order chi connectivity index (χ0) is 4.50.